The number of carboxylic acids is 1. The van der Waals surface area contributed by atoms with E-state index in [1.54, 1.807) is 0 Å². The van der Waals surface area contributed by atoms with Crippen LogP contribution in [0.25, 0.3) is 0 Å². The van der Waals surface area contributed by atoms with Crippen LogP contribution in [0.15, 0.2) is 0 Å². The number of aliphatic carboxylic acids is 1. The van der Waals surface area contributed by atoms with Crippen molar-refractivity contribution in [2.45, 2.75) is 38.2 Å². The minimum absolute atomic E-state index is 0.0121. The molecule has 0 aromatic rings. The maximum atomic E-state index is 11.2. The largest absolute Gasteiger partial charge is 0.481 e. The number of hydrogen-bond donors (Lipinski definition) is 3. The third-order valence-electron chi connectivity index (χ3n) is 2.75. The van der Waals surface area contributed by atoms with Crippen molar-refractivity contribution in [2.75, 3.05) is 6.54 Å². The van der Waals surface area contributed by atoms with Crippen molar-refractivity contribution in [1.82, 2.24) is 5.32 Å². The van der Waals surface area contributed by atoms with Crippen molar-refractivity contribution in [3.63, 3.8) is 0 Å². The van der Waals surface area contributed by atoms with Crippen LogP contribution in [0, 0.1) is 5.92 Å². The topological polar surface area (TPSA) is 86.6 Å². The predicted molar refractivity (Wildman–Crippen MR) is 53.2 cm³/mol. The van der Waals surface area contributed by atoms with Crippen molar-refractivity contribution in [3.05, 3.63) is 0 Å². The van der Waals surface area contributed by atoms with Gasteiger partial charge in [0.1, 0.15) is 0 Å². The van der Waals surface area contributed by atoms with E-state index in [2.05, 4.69) is 5.32 Å². The van der Waals surface area contributed by atoms with Crippen LogP contribution in [0.4, 0.5) is 0 Å². The molecule has 15 heavy (non-hydrogen) atoms. The summed E-state index contributed by atoms with van der Waals surface area (Å²) >= 11 is 0. The van der Waals surface area contributed by atoms with Crippen molar-refractivity contribution in [3.8, 4) is 0 Å². The lowest BCUT2D eigenvalue weighted by Crippen LogP contribution is -2.32. The molecule has 0 spiro atoms. The molecule has 86 valence electrons. The Morgan fingerprint density at radius 2 is 2.00 bits per heavy atom. The number of rotatable bonds is 5. The lowest BCUT2D eigenvalue weighted by atomic mass is 10.1. The Labute approximate surface area is 88.5 Å². The first-order valence-electron chi connectivity index (χ1n) is 5.26. The summed E-state index contributed by atoms with van der Waals surface area (Å²) in [6.45, 7) is 0.458. The normalized spacial score (nSPS) is 25.1. The van der Waals surface area contributed by atoms with Crippen molar-refractivity contribution in [2.24, 2.45) is 5.92 Å². The van der Waals surface area contributed by atoms with Crippen molar-refractivity contribution >= 4 is 11.9 Å². The molecule has 0 saturated heterocycles. The van der Waals surface area contributed by atoms with E-state index in [1.807, 2.05) is 0 Å². The molecule has 0 bridgehead atoms. The quantitative estimate of drug-likeness (QED) is 0.608. The van der Waals surface area contributed by atoms with Gasteiger partial charge in [0.2, 0.25) is 5.91 Å². The first-order chi connectivity index (χ1) is 7.09. The first kappa shape index (κ1) is 12.0. The molecular weight excluding hydrogens is 198 g/mol. The zero-order valence-corrected chi connectivity index (χ0v) is 8.61. The van der Waals surface area contributed by atoms with Crippen LogP contribution in [0.5, 0.6) is 0 Å². The Kier molecular flexibility index (Phi) is 4.55. The molecule has 5 nitrogen and oxygen atoms in total. The summed E-state index contributed by atoms with van der Waals surface area (Å²) in [5.41, 5.74) is 0. The lowest BCUT2D eigenvalue weighted by Gasteiger charge is -2.14. The molecule has 0 radical (unpaired) electrons. The van der Waals surface area contributed by atoms with Gasteiger partial charge in [-0.2, -0.15) is 0 Å². The molecule has 0 aromatic carbocycles. The summed E-state index contributed by atoms with van der Waals surface area (Å²) in [6.07, 6.45) is 2.29. The number of amides is 1. The average molecular weight is 215 g/mol. The fraction of sp³-hybridized carbons (Fsp3) is 0.800. The van der Waals surface area contributed by atoms with Gasteiger partial charge in [-0.05, 0) is 12.8 Å². The lowest BCUT2D eigenvalue weighted by molar-refractivity contribution is -0.138. The fourth-order valence-corrected chi connectivity index (χ4v) is 1.81. The predicted octanol–water partition coefficient (Wildman–Crippen LogP) is 0.128. The smallest absolute Gasteiger partial charge is 0.303 e. The molecule has 1 rings (SSSR count). The molecule has 3 N–H and O–H groups in total. The molecule has 5 heteroatoms. The number of aliphatic hydroxyl groups excluding tert-OH is 1. The third kappa shape index (κ3) is 4.29. The Hall–Kier alpha value is -1.10. The molecule has 2 atom stereocenters. The summed E-state index contributed by atoms with van der Waals surface area (Å²) < 4.78 is 0. The van der Waals surface area contributed by atoms with Gasteiger partial charge >= 0.3 is 5.97 Å². The van der Waals surface area contributed by atoms with Gasteiger partial charge in [-0.1, -0.05) is 6.42 Å². The molecule has 1 aliphatic rings. The molecule has 0 heterocycles. The number of carboxylic acid groups (broad SMARTS) is 1. The first-order valence-corrected chi connectivity index (χ1v) is 5.26. The standard InChI is InChI=1S/C10H17NO4/c12-8-3-1-2-7(8)6-11-9(13)4-5-10(14)15/h7-8,12H,1-6H2,(H,11,13)(H,14,15). The van der Waals surface area contributed by atoms with E-state index in [0.29, 0.717) is 6.54 Å². The minimum Gasteiger partial charge on any atom is -0.481 e. The van der Waals surface area contributed by atoms with Crippen LogP contribution >= 0.6 is 0 Å². The van der Waals surface area contributed by atoms with Crippen molar-refractivity contribution in [1.29, 1.82) is 0 Å². The Balaban J connectivity index is 2.13. The Morgan fingerprint density at radius 3 is 2.53 bits per heavy atom. The minimum atomic E-state index is -0.967. The second kappa shape index (κ2) is 5.70. The fourth-order valence-electron chi connectivity index (χ4n) is 1.81. The molecular formula is C10H17NO4. The van der Waals surface area contributed by atoms with Gasteiger partial charge in [0, 0.05) is 18.9 Å². The number of aliphatic hydroxyl groups is 1. The van der Waals surface area contributed by atoms with Gasteiger partial charge in [-0.25, -0.2) is 0 Å². The third-order valence-corrected chi connectivity index (χ3v) is 2.75. The number of carbonyl (C=O) groups is 2. The summed E-state index contributed by atoms with van der Waals surface area (Å²) in [5.74, 6) is -1.08. The van der Waals surface area contributed by atoms with E-state index in [0.717, 1.165) is 19.3 Å². The Morgan fingerprint density at radius 1 is 1.27 bits per heavy atom. The summed E-state index contributed by atoms with van der Waals surface area (Å²) in [5, 5.41) is 20.5. The highest BCUT2D eigenvalue weighted by atomic mass is 16.4. The van der Waals surface area contributed by atoms with Gasteiger partial charge in [0.25, 0.3) is 0 Å². The Bertz CT molecular complexity index is 242. The molecule has 1 aliphatic carbocycles. The van der Waals surface area contributed by atoms with Gasteiger partial charge in [-0.15, -0.1) is 0 Å². The number of nitrogens with one attached hydrogen (secondary N) is 1. The van der Waals surface area contributed by atoms with Gasteiger partial charge in [0.15, 0.2) is 0 Å². The zero-order valence-electron chi connectivity index (χ0n) is 8.61. The van der Waals surface area contributed by atoms with Crippen LogP contribution in [0.2, 0.25) is 0 Å². The monoisotopic (exact) mass is 215 g/mol. The summed E-state index contributed by atoms with van der Waals surface area (Å²) in [4.78, 5) is 21.4. The highest BCUT2D eigenvalue weighted by Crippen LogP contribution is 2.24. The summed E-state index contributed by atoms with van der Waals surface area (Å²) in [7, 11) is 0. The molecule has 0 aliphatic heterocycles. The second-order valence-electron chi connectivity index (χ2n) is 3.96. The van der Waals surface area contributed by atoms with Gasteiger partial charge < -0.3 is 15.5 Å². The van der Waals surface area contributed by atoms with Crippen LogP contribution in [0.1, 0.15) is 32.1 Å². The van der Waals surface area contributed by atoms with Crippen LogP contribution in [-0.2, 0) is 9.59 Å². The molecule has 2 unspecified atom stereocenters. The van der Waals surface area contributed by atoms with E-state index in [4.69, 9.17) is 5.11 Å². The van der Waals surface area contributed by atoms with E-state index in [-0.39, 0.29) is 30.8 Å². The van der Waals surface area contributed by atoms with Crippen LogP contribution < -0.4 is 5.32 Å². The van der Waals surface area contributed by atoms with Gasteiger partial charge in [0.05, 0.1) is 12.5 Å². The van der Waals surface area contributed by atoms with E-state index >= 15 is 0 Å². The zero-order chi connectivity index (χ0) is 11.3. The second-order valence-corrected chi connectivity index (χ2v) is 3.96. The highest BCUT2D eigenvalue weighted by Gasteiger charge is 2.25. The molecule has 0 aromatic heterocycles. The van der Waals surface area contributed by atoms with Crippen LogP contribution in [0.3, 0.4) is 0 Å². The molecule has 1 fully saturated rings. The average Bonchev–Trinajstić information content (AvgIpc) is 2.58. The van der Waals surface area contributed by atoms with E-state index < -0.39 is 5.97 Å². The van der Waals surface area contributed by atoms with Gasteiger partial charge in [-0.3, -0.25) is 9.59 Å². The number of carbonyl (C=O) groups excluding carboxylic acids is 1. The number of hydrogen-bond acceptors (Lipinski definition) is 3. The SMILES string of the molecule is O=C(O)CCC(=O)NCC1CCCC1O. The highest BCUT2D eigenvalue weighted by molar-refractivity contribution is 5.80. The van der Waals surface area contributed by atoms with E-state index in [1.165, 1.54) is 0 Å². The molecule has 1 amide bonds. The van der Waals surface area contributed by atoms with Crippen molar-refractivity contribution < 1.29 is 19.8 Å². The maximum Gasteiger partial charge on any atom is 0.303 e. The molecule has 1 saturated carbocycles. The van der Waals surface area contributed by atoms with Crippen LogP contribution in [-0.4, -0.2) is 34.7 Å². The summed E-state index contributed by atoms with van der Waals surface area (Å²) in [6, 6.07) is 0. The van der Waals surface area contributed by atoms with E-state index in [9.17, 15) is 14.7 Å². The maximum absolute atomic E-state index is 11.2.